The van der Waals surface area contributed by atoms with Crippen molar-refractivity contribution in [2.24, 2.45) is 0 Å². The van der Waals surface area contributed by atoms with Gasteiger partial charge in [0.05, 0.1) is 27.9 Å². The monoisotopic (exact) mass is 664 g/mol. The third kappa shape index (κ3) is 6.52. The van der Waals surface area contributed by atoms with Crippen molar-refractivity contribution in [1.29, 1.82) is 0 Å². The molecule has 0 saturated heterocycles. The van der Waals surface area contributed by atoms with E-state index in [1.165, 1.54) is 22.3 Å². The first-order valence-electron chi connectivity index (χ1n) is 17.5. The molecule has 0 aliphatic carbocycles. The lowest BCUT2D eigenvalue weighted by Gasteiger charge is -2.37. The van der Waals surface area contributed by atoms with Crippen LogP contribution in [0.2, 0.25) is 0 Å². The first kappa shape index (κ1) is 33.1. The molecule has 0 amide bonds. The molecule has 0 spiro atoms. The fourth-order valence-corrected chi connectivity index (χ4v) is 7.54. The summed E-state index contributed by atoms with van der Waals surface area (Å²) in [6, 6.07) is 21.4. The van der Waals surface area contributed by atoms with Crippen LogP contribution in [0.15, 0.2) is 60.7 Å². The molecule has 49 heavy (non-hydrogen) atoms. The number of unbranched alkanes of at least 4 members (excludes halogenated alkanes) is 1. The fourth-order valence-electron chi connectivity index (χ4n) is 7.54. The molecule has 8 rings (SSSR count). The van der Waals surface area contributed by atoms with Crippen molar-refractivity contribution in [3.63, 3.8) is 0 Å². The van der Waals surface area contributed by atoms with Crippen molar-refractivity contribution in [2.45, 2.75) is 57.5 Å². The standard InChI is InChI=1S/C41H48N2O6/c1-7-8-19-47-40-38(46-6)24-29-16-18-43(3)33-21-27-11-14-34(44-4)36(22-27)48-30-12-9-26(10-13-30)20-32-31-25-37(49-41(40)39(29)33)35(45-5)23-28(31)15-17-42(32)2/h9-14,22-25,32-33H,7-8,15-21H2,1-6H3/t32-,33-/m0/s1. The second-order valence-corrected chi connectivity index (χ2v) is 13.4. The lowest BCUT2D eigenvalue weighted by atomic mass is 9.87. The Hall–Kier alpha value is -4.40. The first-order valence-corrected chi connectivity index (χ1v) is 17.5. The third-order valence-corrected chi connectivity index (χ3v) is 10.4. The van der Waals surface area contributed by atoms with E-state index in [-0.39, 0.29) is 12.1 Å². The molecule has 8 heteroatoms. The number of nitrogens with zero attached hydrogens (tertiary/aromatic N) is 2. The van der Waals surface area contributed by atoms with Gasteiger partial charge >= 0.3 is 0 Å². The highest BCUT2D eigenvalue weighted by molar-refractivity contribution is 5.64. The van der Waals surface area contributed by atoms with Crippen LogP contribution >= 0.6 is 0 Å². The molecule has 0 unspecified atom stereocenters. The summed E-state index contributed by atoms with van der Waals surface area (Å²) < 4.78 is 38.0. The zero-order valence-electron chi connectivity index (χ0n) is 29.6. The predicted octanol–water partition coefficient (Wildman–Crippen LogP) is 8.33. The Morgan fingerprint density at radius 1 is 0.694 bits per heavy atom. The smallest absolute Gasteiger partial charge is 0.204 e. The maximum atomic E-state index is 7.17. The highest BCUT2D eigenvalue weighted by atomic mass is 16.6. The summed E-state index contributed by atoms with van der Waals surface area (Å²) in [6.45, 7) is 4.60. The van der Waals surface area contributed by atoms with Crippen LogP contribution in [0.25, 0.3) is 0 Å². The van der Waals surface area contributed by atoms with Crippen molar-refractivity contribution in [1.82, 2.24) is 9.80 Å². The summed E-state index contributed by atoms with van der Waals surface area (Å²) >= 11 is 0. The molecule has 2 atom stereocenters. The average molecular weight is 665 g/mol. The number of rotatable bonds is 7. The van der Waals surface area contributed by atoms with Gasteiger partial charge in [0.15, 0.2) is 34.5 Å². The fraction of sp³-hybridized carbons (Fsp3) is 0.415. The summed E-state index contributed by atoms with van der Waals surface area (Å²) in [6.07, 6.45) is 5.33. The highest BCUT2D eigenvalue weighted by Crippen LogP contribution is 2.52. The van der Waals surface area contributed by atoms with Crippen LogP contribution < -0.4 is 28.4 Å². The summed E-state index contributed by atoms with van der Waals surface area (Å²) in [4.78, 5) is 4.85. The van der Waals surface area contributed by atoms with Crippen LogP contribution in [0.4, 0.5) is 0 Å². The largest absolute Gasteiger partial charge is 0.493 e. The Morgan fingerprint density at radius 2 is 1.35 bits per heavy atom. The normalized spacial score (nSPS) is 18.7. The van der Waals surface area contributed by atoms with Crippen LogP contribution in [0.5, 0.6) is 46.0 Å². The number of fused-ring (bicyclic) bond motifs is 2. The van der Waals surface area contributed by atoms with E-state index in [4.69, 9.17) is 28.4 Å². The van der Waals surface area contributed by atoms with Gasteiger partial charge in [-0.05, 0) is 116 Å². The van der Waals surface area contributed by atoms with Crippen LogP contribution in [0, 0.1) is 0 Å². The Labute approximate surface area is 290 Å². The van der Waals surface area contributed by atoms with Crippen molar-refractivity contribution >= 4 is 0 Å². The van der Waals surface area contributed by atoms with Crippen LogP contribution in [-0.2, 0) is 25.7 Å². The molecule has 6 bridgehead atoms. The van der Waals surface area contributed by atoms with E-state index in [1.807, 2.05) is 6.07 Å². The van der Waals surface area contributed by atoms with E-state index in [9.17, 15) is 0 Å². The molecule has 4 aromatic rings. The minimum atomic E-state index is 0.0000900. The van der Waals surface area contributed by atoms with E-state index in [2.05, 4.69) is 85.4 Å². The van der Waals surface area contributed by atoms with E-state index in [0.717, 1.165) is 74.2 Å². The van der Waals surface area contributed by atoms with Gasteiger partial charge in [-0.15, -0.1) is 0 Å². The van der Waals surface area contributed by atoms with Crippen LogP contribution in [0.3, 0.4) is 0 Å². The lowest BCUT2D eigenvalue weighted by Crippen LogP contribution is -2.34. The predicted molar refractivity (Wildman–Crippen MR) is 192 cm³/mol. The number of methoxy groups -OCH3 is 3. The Kier molecular flexibility index (Phi) is 9.61. The van der Waals surface area contributed by atoms with Crippen LogP contribution in [0.1, 0.15) is 65.2 Å². The molecule has 8 nitrogen and oxygen atoms in total. The maximum absolute atomic E-state index is 7.17. The molecular weight excluding hydrogens is 616 g/mol. The molecule has 0 aromatic heterocycles. The molecular formula is C41H48N2O6. The molecule has 4 heterocycles. The van der Waals surface area contributed by atoms with Gasteiger partial charge in [0.25, 0.3) is 0 Å². The van der Waals surface area contributed by atoms with E-state index in [1.54, 1.807) is 21.3 Å². The van der Waals surface area contributed by atoms with E-state index >= 15 is 0 Å². The molecule has 0 radical (unpaired) electrons. The summed E-state index contributed by atoms with van der Waals surface area (Å²) in [5.41, 5.74) is 7.22. The topological polar surface area (TPSA) is 61.9 Å². The van der Waals surface area contributed by atoms with Gasteiger partial charge in [-0.2, -0.15) is 0 Å². The van der Waals surface area contributed by atoms with Crippen LogP contribution in [-0.4, -0.2) is 64.9 Å². The SMILES string of the molecule is CCCCOc1c(OC)cc2c3c1Oc1cc4c(cc1OC)CCN(C)[C@H]4Cc1ccc(cc1)Oc1cc(ccc1OC)C[C@@H]3N(C)CC2. The first-order chi connectivity index (χ1) is 23.9. The van der Waals surface area contributed by atoms with E-state index < -0.39 is 0 Å². The van der Waals surface area contributed by atoms with Gasteiger partial charge in [0.1, 0.15) is 5.75 Å². The quantitative estimate of drug-likeness (QED) is 0.183. The molecule has 0 N–H and O–H groups in total. The number of hydrogen-bond acceptors (Lipinski definition) is 8. The van der Waals surface area contributed by atoms with Crippen molar-refractivity contribution in [3.8, 4) is 46.0 Å². The Morgan fingerprint density at radius 3 is 2.08 bits per heavy atom. The molecule has 4 aromatic carbocycles. The highest BCUT2D eigenvalue weighted by Gasteiger charge is 2.35. The second kappa shape index (κ2) is 14.2. The number of likely N-dealkylation sites (N-methyl/N-ethyl adjacent to an activating group) is 2. The lowest BCUT2D eigenvalue weighted by molar-refractivity contribution is 0.217. The Bertz CT molecular complexity index is 1810. The Balaban J connectivity index is 1.46. The van der Waals surface area contributed by atoms with Gasteiger partial charge in [0, 0.05) is 30.7 Å². The summed E-state index contributed by atoms with van der Waals surface area (Å²) in [7, 11) is 9.51. The van der Waals surface area contributed by atoms with Gasteiger partial charge < -0.3 is 28.4 Å². The second-order valence-electron chi connectivity index (χ2n) is 13.4. The summed E-state index contributed by atoms with van der Waals surface area (Å²) in [5.74, 6) is 5.59. The average Bonchev–Trinajstić information content (AvgIpc) is 3.11. The zero-order valence-corrected chi connectivity index (χ0v) is 29.6. The van der Waals surface area contributed by atoms with Crippen molar-refractivity contribution in [2.75, 3.05) is 55.1 Å². The van der Waals surface area contributed by atoms with Gasteiger partial charge in [0.2, 0.25) is 5.75 Å². The molecule has 258 valence electrons. The number of benzene rings is 4. The van der Waals surface area contributed by atoms with Gasteiger partial charge in [-0.25, -0.2) is 0 Å². The zero-order chi connectivity index (χ0) is 34.1. The summed E-state index contributed by atoms with van der Waals surface area (Å²) in [5, 5.41) is 0. The minimum Gasteiger partial charge on any atom is -0.493 e. The number of ether oxygens (including phenoxy) is 6. The van der Waals surface area contributed by atoms with Crippen molar-refractivity contribution in [3.05, 3.63) is 94.0 Å². The molecule has 0 fully saturated rings. The third-order valence-electron chi connectivity index (χ3n) is 10.4. The van der Waals surface area contributed by atoms with Gasteiger partial charge in [-0.3, -0.25) is 9.80 Å². The molecule has 4 aliphatic rings. The molecule has 0 saturated carbocycles. The van der Waals surface area contributed by atoms with E-state index in [0.29, 0.717) is 41.1 Å². The number of hydrogen-bond donors (Lipinski definition) is 0. The maximum Gasteiger partial charge on any atom is 0.204 e. The minimum absolute atomic E-state index is 0.0000900. The van der Waals surface area contributed by atoms with Crippen molar-refractivity contribution < 1.29 is 28.4 Å². The molecule has 4 aliphatic heterocycles. The van der Waals surface area contributed by atoms with Gasteiger partial charge in [-0.1, -0.05) is 31.5 Å².